The van der Waals surface area contributed by atoms with Gasteiger partial charge in [-0.3, -0.25) is 0 Å². The highest BCUT2D eigenvalue weighted by Gasteiger charge is 2.59. The van der Waals surface area contributed by atoms with Gasteiger partial charge in [0.1, 0.15) is 0 Å². The molecule has 0 aromatic rings. The number of allylic oxidation sites excluding steroid dienone is 1. The predicted molar refractivity (Wildman–Crippen MR) is 127 cm³/mol. The Morgan fingerprint density at radius 1 is 1.10 bits per heavy atom. The number of hydrogen-bond acceptors (Lipinski definition) is 3. The minimum Gasteiger partial charge on any atom is -0.393 e. The summed E-state index contributed by atoms with van der Waals surface area (Å²) in [5, 5.41) is 15.6. The first kappa shape index (κ1) is 24.7. The van der Waals surface area contributed by atoms with Crippen molar-refractivity contribution >= 4 is 6.08 Å². The maximum atomic E-state index is 10.2. The van der Waals surface area contributed by atoms with Gasteiger partial charge in [-0.25, -0.2) is 10.2 Å². The predicted octanol–water partition coefficient (Wildman–Crippen LogP) is 7.29. The molecule has 0 aliphatic heterocycles. The van der Waals surface area contributed by atoms with Crippen molar-refractivity contribution < 1.29 is 9.90 Å². The molecule has 0 saturated heterocycles. The Hall–Kier alpha value is -0.920. The molecule has 31 heavy (non-hydrogen) atoms. The Kier molecular flexibility index (Phi) is 7.91. The van der Waals surface area contributed by atoms with Crippen LogP contribution in [0.25, 0.3) is 0 Å². The van der Waals surface area contributed by atoms with Gasteiger partial charge in [0, 0.05) is 0 Å². The molecule has 8 atom stereocenters. The number of carbonyl (C=O) groups excluding carboxylic acids is 1. The van der Waals surface area contributed by atoms with E-state index in [1.165, 1.54) is 57.8 Å². The van der Waals surface area contributed by atoms with Crippen LogP contribution in [0.5, 0.6) is 0 Å². The molecular weight excluding hydrogens is 382 g/mol. The van der Waals surface area contributed by atoms with Crippen molar-refractivity contribution in [2.75, 3.05) is 0 Å². The largest absolute Gasteiger partial charge is 0.393 e. The fourth-order valence-corrected chi connectivity index (χ4v) is 8.67. The number of nitrogens with one attached hydrogen (secondary N) is 1. The summed E-state index contributed by atoms with van der Waals surface area (Å²) in [7, 11) is 0. The lowest BCUT2D eigenvalue weighted by molar-refractivity contribution is -0.0573. The zero-order chi connectivity index (χ0) is 22.8. The molecule has 3 saturated carbocycles. The van der Waals surface area contributed by atoms with E-state index in [1.54, 1.807) is 5.57 Å². The molecule has 176 valence electrons. The third-order valence-electron chi connectivity index (χ3n) is 10.3. The molecule has 4 aliphatic rings. The van der Waals surface area contributed by atoms with Gasteiger partial charge < -0.3 is 5.11 Å². The summed E-state index contributed by atoms with van der Waals surface area (Å²) >= 11 is 0. The summed E-state index contributed by atoms with van der Waals surface area (Å²) in [5.74, 6) is 5.46. The molecule has 4 aliphatic carbocycles. The van der Waals surface area contributed by atoms with E-state index in [9.17, 15) is 5.11 Å². The topological polar surface area (TPSA) is 61.1 Å². The van der Waals surface area contributed by atoms with Crippen LogP contribution in [0, 0.1) is 51.7 Å². The Balaban J connectivity index is 0.000000858. The van der Waals surface area contributed by atoms with Crippen molar-refractivity contribution in [1.29, 1.82) is 5.41 Å². The molecule has 2 N–H and O–H groups in total. The van der Waals surface area contributed by atoms with Crippen molar-refractivity contribution in [2.45, 2.75) is 111 Å². The van der Waals surface area contributed by atoms with Crippen LogP contribution in [0.4, 0.5) is 0 Å². The lowest BCUT2D eigenvalue weighted by Gasteiger charge is -2.58. The average molecular weight is 430 g/mol. The van der Waals surface area contributed by atoms with Crippen molar-refractivity contribution in [3.05, 3.63) is 11.6 Å². The standard InChI is InChI=1S/C27H46O.CHNO/c1-18(2)7-6-8-19(3)23-11-12-24-22-10-9-20-17-21(28)13-15-26(20,4)25(22)14-16-27(23,24)5;2-1-3/h9,18-19,21-25,28H,6-8,10-17H2,1-5H3;2H/t19?,21-,22-,23+,24-,25-,26-,27+;/m0./s1. The highest BCUT2D eigenvalue weighted by Crippen LogP contribution is 2.67. The van der Waals surface area contributed by atoms with Gasteiger partial charge in [0.2, 0.25) is 6.08 Å². The van der Waals surface area contributed by atoms with Gasteiger partial charge in [0.05, 0.1) is 6.10 Å². The first-order valence-corrected chi connectivity index (χ1v) is 13.1. The molecule has 0 heterocycles. The van der Waals surface area contributed by atoms with Crippen molar-refractivity contribution in [3.63, 3.8) is 0 Å². The number of hydrogen-bond donors (Lipinski definition) is 2. The summed E-state index contributed by atoms with van der Waals surface area (Å²) < 4.78 is 0. The monoisotopic (exact) mass is 429 g/mol. The molecule has 0 radical (unpaired) electrons. The summed E-state index contributed by atoms with van der Waals surface area (Å²) in [6.07, 6.45) is 17.9. The zero-order valence-corrected chi connectivity index (χ0v) is 20.8. The normalized spacial score (nSPS) is 42.3. The number of isocyanates is 1. The molecule has 3 nitrogen and oxygen atoms in total. The van der Waals surface area contributed by atoms with Gasteiger partial charge in [-0.2, -0.15) is 0 Å². The van der Waals surface area contributed by atoms with Crippen LogP contribution in [0.1, 0.15) is 105 Å². The van der Waals surface area contributed by atoms with Crippen LogP contribution < -0.4 is 0 Å². The summed E-state index contributed by atoms with van der Waals surface area (Å²) in [5.41, 5.74) is 2.60. The van der Waals surface area contributed by atoms with E-state index >= 15 is 0 Å². The quantitative estimate of drug-likeness (QED) is 0.274. The second-order valence-electron chi connectivity index (χ2n) is 12.3. The van der Waals surface area contributed by atoms with E-state index in [-0.39, 0.29) is 6.10 Å². The maximum Gasteiger partial charge on any atom is 0.231 e. The average Bonchev–Trinajstić information content (AvgIpc) is 3.06. The van der Waals surface area contributed by atoms with E-state index in [4.69, 9.17) is 10.2 Å². The summed E-state index contributed by atoms with van der Waals surface area (Å²) in [6, 6.07) is 0. The number of fused-ring (bicyclic) bond motifs is 5. The van der Waals surface area contributed by atoms with Crippen LogP contribution in [-0.4, -0.2) is 17.3 Å². The van der Waals surface area contributed by atoms with Crippen LogP contribution in [0.3, 0.4) is 0 Å². The zero-order valence-electron chi connectivity index (χ0n) is 20.8. The molecular formula is C28H47NO2. The lowest BCUT2D eigenvalue weighted by atomic mass is 9.47. The summed E-state index contributed by atoms with van der Waals surface area (Å²) in [4.78, 5) is 8.35. The second kappa shape index (κ2) is 9.92. The van der Waals surface area contributed by atoms with Gasteiger partial charge in [-0.15, -0.1) is 0 Å². The first-order valence-electron chi connectivity index (χ1n) is 13.1. The fourth-order valence-electron chi connectivity index (χ4n) is 8.67. The third kappa shape index (κ3) is 4.74. The molecule has 3 fully saturated rings. The van der Waals surface area contributed by atoms with Crippen LogP contribution in [0.15, 0.2) is 11.6 Å². The van der Waals surface area contributed by atoms with Crippen LogP contribution in [-0.2, 0) is 4.79 Å². The molecule has 1 unspecified atom stereocenters. The molecule has 0 spiro atoms. The Bertz CT molecular complexity index is 678. The van der Waals surface area contributed by atoms with E-state index in [1.807, 2.05) is 0 Å². The Labute approximate surface area is 191 Å². The van der Waals surface area contributed by atoms with E-state index in [2.05, 4.69) is 40.7 Å². The minimum atomic E-state index is -0.0766. The van der Waals surface area contributed by atoms with Gasteiger partial charge in [0.15, 0.2) is 0 Å². The second-order valence-corrected chi connectivity index (χ2v) is 12.3. The van der Waals surface area contributed by atoms with Gasteiger partial charge in [-0.05, 0) is 97.7 Å². The van der Waals surface area contributed by atoms with Crippen molar-refractivity contribution in [3.8, 4) is 0 Å². The van der Waals surface area contributed by atoms with Crippen molar-refractivity contribution in [2.24, 2.45) is 46.3 Å². The molecule has 0 bridgehead atoms. The summed E-state index contributed by atoms with van der Waals surface area (Å²) in [6.45, 7) is 12.6. The van der Waals surface area contributed by atoms with E-state index in [0.717, 1.165) is 54.4 Å². The highest BCUT2D eigenvalue weighted by atomic mass is 16.3. The van der Waals surface area contributed by atoms with E-state index < -0.39 is 0 Å². The van der Waals surface area contributed by atoms with Crippen LogP contribution in [0.2, 0.25) is 0 Å². The van der Waals surface area contributed by atoms with Gasteiger partial charge in [0.25, 0.3) is 0 Å². The smallest absolute Gasteiger partial charge is 0.231 e. The number of aliphatic hydroxyl groups excluding tert-OH is 1. The lowest BCUT2D eigenvalue weighted by Crippen LogP contribution is -2.50. The SMILES string of the molecule is CC(C)CCCC(C)[C@H]1CC[C@H]2[C@@H]3CC=C4C[C@@H](O)CC[C@]4(C)[C@H]3CC[C@]12C.N=C=O. The minimum absolute atomic E-state index is 0.0766. The third-order valence-corrected chi connectivity index (χ3v) is 10.3. The number of rotatable bonds is 5. The highest BCUT2D eigenvalue weighted by molar-refractivity contribution is 5.26. The Morgan fingerprint density at radius 2 is 1.81 bits per heavy atom. The van der Waals surface area contributed by atoms with Gasteiger partial charge in [-0.1, -0.05) is 65.5 Å². The fraction of sp³-hybridized carbons (Fsp3) is 0.893. The molecule has 0 amide bonds. The van der Waals surface area contributed by atoms with Gasteiger partial charge >= 0.3 is 0 Å². The number of aliphatic hydroxyl groups is 1. The molecule has 3 heteroatoms. The molecule has 0 aromatic carbocycles. The first-order chi connectivity index (χ1) is 14.7. The Morgan fingerprint density at radius 3 is 2.48 bits per heavy atom. The molecule has 0 aromatic heterocycles. The van der Waals surface area contributed by atoms with Crippen LogP contribution >= 0.6 is 0 Å². The molecule has 4 rings (SSSR count). The maximum absolute atomic E-state index is 10.2. The van der Waals surface area contributed by atoms with Crippen molar-refractivity contribution in [1.82, 2.24) is 0 Å². The van der Waals surface area contributed by atoms with E-state index in [0.29, 0.717) is 10.8 Å².